The zero-order valence-corrected chi connectivity index (χ0v) is 14.7. The second kappa shape index (κ2) is 5.76. The molecule has 2 fully saturated rings. The van der Waals surface area contributed by atoms with Gasteiger partial charge >= 0.3 is 0 Å². The first kappa shape index (κ1) is 15.4. The van der Waals surface area contributed by atoms with Crippen molar-refractivity contribution >= 4 is 5.91 Å². The number of hydrogen-bond acceptors (Lipinski definition) is 2. The van der Waals surface area contributed by atoms with Crippen LogP contribution in [0.25, 0.3) is 0 Å². The number of benzene rings is 1. The van der Waals surface area contributed by atoms with Crippen LogP contribution in [0.3, 0.4) is 0 Å². The fourth-order valence-corrected chi connectivity index (χ4v) is 3.74. The minimum atomic E-state index is 0.172. The van der Waals surface area contributed by atoms with E-state index in [2.05, 4.69) is 41.2 Å². The average molecular weight is 323 g/mol. The molecule has 2 atom stereocenters. The van der Waals surface area contributed by atoms with Crippen LogP contribution in [-0.4, -0.2) is 26.6 Å². The van der Waals surface area contributed by atoms with Crippen molar-refractivity contribution in [1.82, 2.24) is 14.7 Å². The lowest BCUT2D eigenvalue weighted by atomic mass is 10.1. The van der Waals surface area contributed by atoms with Crippen molar-refractivity contribution in [3.8, 4) is 0 Å². The Balaban J connectivity index is 1.51. The molecule has 0 N–H and O–H groups in total. The topological polar surface area (TPSA) is 38.1 Å². The molecule has 2 aliphatic carbocycles. The van der Waals surface area contributed by atoms with E-state index >= 15 is 0 Å². The standard InChI is InChI=1S/C20H25N3O/c1-13-19(14(2)22(3)21-13)12-23(16-9-10-16)20(24)18-11-17(18)15-7-5-4-6-8-15/h4-8,16-18H,9-12H2,1-3H3/t17-,18+/m0/s1. The summed E-state index contributed by atoms with van der Waals surface area (Å²) in [5, 5.41) is 4.50. The second-order valence-electron chi connectivity index (χ2n) is 7.33. The molecular formula is C20H25N3O. The highest BCUT2D eigenvalue weighted by atomic mass is 16.2. The Kier molecular flexibility index (Phi) is 3.70. The number of aromatic nitrogens is 2. The summed E-state index contributed by atoms with van der Waals surface area (Å²) in [6.07, 6.45) is 3.29. The SMILES string of the molecule is Cc1nn(C)c(C)c1CN(C(=O)[C@@H]1C[C@H]1c1ccccc1)C1CC1. The van der Waals surface area contributed by atoms with Crippen LogP contribution in [0.4, 0.5) is 0 Å². The highest BCUT2D eigenvalue weighted by Crippen LogP contribution is 2.49. The molecule has 0 bridgehead atoms. The normalized spacial score (nSPS) is 22.5. The molecule has 4 rings (SSSR count). The number of aryl methyl sites for hydroxylation is 2. The highest BCUT2D eigenvalue weighted by molar-refractivity contribution is 5.83. The quantitative estimate of drug-likeness (QED) is 0.846. The predicted molar refractivity (Wildman–Crippen MR) is 93.5 cm³/mol. The summed E-state index contributed by atoms with van der Waals surface area (Å²) in [7, 11) is 1.97. The molecule has 0 unspecified atom stereocenters. The maximum atomic E-state index is 13.1. The zero-order chi connectivity index (χ0) is 16.8. The van der Waals surface area contributed by atoms with Gasteiger partial charge in [-0.15, -0.1) is 0 Å². The Labute approximate surface area is 143 Å². The summed E-state index contributed by atoms with van der Waals surface area (Å²) in [5.41, 5.74) is 4.74. The Morgan fingerprint density at radius 1 is 1.25 bits per heavy atom. The van der Waals surface area contributed by atoms with Crippen molar-refractivity contribution in [3.63, 3.8) is 0 Å². The summed E-state index contributed by atoms with van der Waals surface area (Å²) < 4.78 is 1.92. The molecule has 126 valence electrons. The van der Waals surface area contributed by atoms with E-state index in [-0.39, 0.29) is 5.92 Å². The van der Waals surface area contributed by atoms with Crippen molar-refractivity contribution in [1.29, 1.82) is 0 Å². The van der Waals surface area contributed by atoms with Gasteiger partial charge in [-0.25, -0.2) is 0 Å². The van der Waals surface area contributed by atoms with E-state index < -0.39 is 0 Å². The van der Waals surface area contributed by atoms with E-state index in [1.807, 2.05) is 24.7 Å². The van der Waals surface area contributed by atoms with Crippen LogP contribution in [-0.2, 0) is 18.4 Å². The number of carbonyl (C=O) groups excluding carboxylic acids is 1. The van der Waals surface area contributed by atoms with E-state index in [1.165, 1.54) is 16.8 Å². The molecule has 2 aromatic rings. The van der Waals surface area contributed by atoms with Crippen LogP contribution < -0.4 is 0 Å². The van der Waals surface area contributed by atoms with Gasteiger partial charge in [-0.3, -0.25) is 9.48 Å². The monoisotopic (exact) mass is 323 g/mol. The fourth-order valence-electron chi connectivity index (χ4n) is 3.74. The van der Waals surface area contributed by atoms with Crippen molar-refractivity contribution in [2.45, 2.75) is 51.6 Å². The van der Waals surface area contributed by atoms with Gasteiger partial charge in [-0.2, -0.15) is 5.10 Å². The van der Waals surface area contributed by atoms with E-state index in [1.54, 1.807) is 0 Å². The molecule has 4 heteroatoms. The van der Waals surface area contributed by atoms with Crippen LogP contribution in [0, 0.1) is 19.8 Å². The van der Waals surface area contributed by atoms with Crippen molar-refractivity contribution in [2.75, 3.05) is 0 Å². The molecule has 0 saturated heterocycles. The number of carbonyl (C=O) groups is 1. The largest absolute Gasteiger partial charge is 0.335 e. The van der Waals surface area contributed by atoms with Gasteiger partial charge in [0.25, 0.3) is 0 Å². The first-order valence-electron chi connectivity index (χ1n) is 8.90. The van der Waals surface area contributed by atoms with Gasteiger partial charge < -0.3 is 4.90 Å². The van der Waals surface area contributed by atoms with Crippen LogP contribution in [0.1, 0.15) is 47.7 Å². The van der Waals surface area contributed by atoms with E-state index in [0.717, 1.165) is 25.0 Å². The lowest BCUT2D eigenvalue weighted by molar-refractivity contribution is -0.133. The third kappa shape index (κ3) is 2.74. The fraction of sp³-hybridized carbons (Fsp3) is 0.500. The molecule has 2 saturated carbocycles. The third-order valence-corrected chi connectivity index (χ3v) is 5.59. The summed E-state index contributed by atoms with van der Waals surface area (Å²) >= 11 is 0. The molecular weight excluding hydrogens is 298 g/mol. The highest BCUT2D eigenvalue weighted by Gasteiger charge is 2.48. The number of hydrogen-bond donors (Lipinski definition) is 0. The van der Waals surface area contributed by atoms with Gasteiger partial charge in [0.05, 0.1) is 5.69 Å². The number of rotatable bonds is 5. The molecule has 4 nitrogen and oxygen atoms in total. The van der Waals surface area contributed by atoms with Gasteiger partial charge in [0.1, 0.15) is 0 Å². The first-order chi connectivity index (χ1) is 11.6. The lowest BCUT2D eigenvalue weighted by Gasteiger charge is -2.23. The smallest absolute Gasteiger partial charge is 0.226 e. The van der Waals surface area contributed by atoms with Crippen molar-refractivity contribution in [3.05, 3.63) is 52.8 Å². The Hall–Kier alpha value is -2.10. The molecule has 0 radical (unpaired) electrons. The van der Waals surface area contributed by atoms with E-state index in [4.69, 9.17) is 0 Å². The minimum Gasteiger partial charge on any atom is -0.335 e. The summed E-state index contributed by atoms with van der Waals surface area (Å²) in [6, 6.07) is 10.9. The van der Waals surface area contributed by atoms with Gasteiger partial charge in [0.2, 0.25) is 5.91 Å². The van der Waals surface area contributed by atoms with E-state index in [9.17, 15) is 4.79 Å². The van der Waals surface area contributed by atoms with Crippen LogP contribution in [0.2, 0.25) is 0 Å². The predicted octanol–water partition coefficient (Wildman–Crippen LogP) is 3.33. The van der Waals surface area contributed by atoms with Crippen molar-refractivity contribution in [2.24, 2.45) is 13.0 Å². The van der Waals surface area contributed by atoms with Crippen LogP contribution in [0.5, 0.6) is 0 Å². The Morgan fingerprint density at radius 3 is 2.54 bits per heavy atom. The molecule has 1 heterocycles. The second-order valence-corrected chi connectivity index (χ2v) is 7.33. The van der Waals surface area contributed by atoms with E-state index in [0.29, 0.717) is 24.4 Å². The van der Waals surface area contributed by atoms with Crippen LogP contribution >= 0.6 is 0 Å². The van der Waals surface area contributed by atoms with Gasteiger partial charge in [0.15, 0.2) is 0 Å². The summed E-state index contributed by atoms with van der Waals surface area (Å²) in [5.74, 6) is 0.926. The van der Waals surface area contributed by atoms with Crippen LogP contribution in [0.15, 0.2) is 30.3 Å². The average Bonchev–Trinajstić information content (AvgIpc) is 3.47. The van der Waals surface area contributed by atoms with Crippen molar-refractivity contribution < 1.29 is 4.79 Å². The minimum absolute atomic E-state index is 0.172. The zero-order valence-electron chi connectivity index (χ0n) is 14.7. The Morgan fingerprint density at radius 2 is 1.96 bits per heavy atom. The molecule has 24 heavy (non-hydrogen) atoms. The molecule has 2 aliphatic rings. The maximum Gasteiger partial charge on any atom is 0.226 e. The third-order valence-electron chi connectivity index (χ3n) is 5.59. The molecule has 1 aromatic heterocycles. The molecule has 1 aromatic carbocycles. The molecule has 1 amide bonds. The Bertz CT molecular complexity index is 761. The van der Waals surface area contributed by atoms with Gasteiger partial charge in [-0.1, -0.05) is 30.3 Å². The number of nitrogens with zero attached hydrogens (tertiary/aromatic N) is 3. The molecule has 0 spiro atoms. The first-order valence-corrected chi connectivity index (χ1v) is 8.90. The number of amides is 1. The maximum absolute atomic E-state index is 13.1. The lowest BCUT2D eigenvalue weighted by Crippen LogP contribution is -2.34. The summed E-state index contributed by atoms with van der Waals surface area (Å²) in [4.78, 5) is 15.2. The molecule has 0 aliphatic heterocycles. The van der Waals surface area contributed by atoms with Gasteiger partial charge in [0, 0.05) is 36.8 Å². The summed E-state index contributed by atoms with van der Waals surface area (Å²) in [6.45, 7) is 4.85. The van der Waals surface area contributed by atoms with Gasteiger partial charge in [-0.05, 0) is 44.6 Å².